The predicted octanol–water partition coefficient (Wildman–Crippen LogP) is 3.81. The largest absolute Gasteiger partial charge is 0.497 e. The molecule has 0 radical (unpaired) electrons. The van der Waals surface area contributed by atoms with Crippen LogP contribution in [0.1, 0.15) is 15.9 Å². The summed E-state index contributed by atoms with van der Waals surface area (Å²) >= 11 is 0. The molecule has 0 bridgehead atoms. The second kappa shape index (κ2) is 8.67. The standard InChI is InChI=1S/C21H21N3O2/c1-26-19-9-7-18(8-10-19)24-20-15-17(12-14-22-20)21(25)23-13-11-16-5-3-2-4-6-16/h2-10,12,14-15H,11,13H2,1H3,(H,22,24)(H,23,25). The number of amides is 1. The van der Waals surface area contributed by atoms with E-state index in [1.54, 1.807) is 25.4 Å². The van der Waals surface area contributed by atoms with Crippen molar-refractivity contribution >= 4 is 17.4 Å². The smallest absolute Gasteiger partial charge is 0.251 e. The summed E-state index contributed by atoms with van der Waals surface area (Å²) in [6, 6.07) is 21.0. The first kappa shape index (κ1) is 17.5. The summed E-state index contributed by atoms with van der Waals surface area (Å²) in [6.45, 7) is 0.590. The molecular weight excluding hydrogens is 326 g/mol. The van der Waals surface area contributed by atoms with E-state index in [9.17, 15) is 4.79 Å². The average Bonchev–Trinajstić information content (AvgIpc) is 2.69. The lowest BCUT2D eigenvalue weighted by molar-refractivity contribution is 0.0954. The highest BCUT2D eigenvalue weighted by Crippen LogP contribution is 2.19. The van der Waals surface area contributed by atoms with Crippen LogP contribution in [-0.4, -0.2) is 24.5 Å². The first-order chi connectivity index (χ1) is 12.7. The SMILES string of the molecule is COc1ccc(Nc2cc(C(=O)NCCc3ccccc3)ccn2)cc1. The third kappa shape index (κ3) is 4.83. The molecule has 5 heteroatoms. The van der Waals surface area contributed by atoms with Gasteiger partial charge in [-0.05, 0) is 48.4 Å². The Hall–Kier alpha value is -3.34. The molecule has 0 saturated heterocycles. The number of anilines is 2. The van der Waals surface area contributed by atoms with Crippen LogP contribution in [0.4, 0.5) is 11.5 Å². The molecule has 2 N–H and O–H groups in total. The number of carbonyl (C=O) groups is 1. The van der Waals surface area contributed by atoms with E-state index in [4.69, 9.17) is 4.74 Å². The molecule has 0 spiro atoms. The fourth-order valence-corrected chi connectivity index (χ4v) is 2.53. The quantitative estimate of drug-likeness (QED) is 0.682. The number of nitrogens with zero attached hydrogens (tertiary/aromatic N) is 1. The van der Waals surface area contributed by atoms with Crippen molar-refractivity contribution in [2.45, 2.75) is 6.42 Å². The van der Waals surface area contributed by atoms with Gasteiger partial charge in [0, 0.05) is 24.0 Å². The van der Waals surface area contributed by atoms with E-state index in [-0.39, 0.29) is 5.91 Å². The highest BCUT2D eigenvalue weighted by molar-refractivity contribution is 5.94. The fourth-order valence-electron chi connectivity index (χ4n) is 2.53. The van der Waals surface area contributed by atoms with Crippen molar-refractivity contribution in [3.8, 4) is 5.75 Å². The van der Waals surface area contributed by atoms with Gasteiger partial charge >= 0.3 is 0 Å². The van der Waals surface area contributed by atoms with Gasteiger partial charge in [0.2, 0.25) is 0 Å². The summed E-state index contributed by atoms with van der Waals surface area (Å²) in [5.41, 5.74) is 2.65. The summed E-state index contributed by atoms with van der Waals surface area (Å²) in [5.74, 6) is 1.29. The molecule has 1 aromatic heterocycles. The zero-order valence-corrected chi connectivity index (χ0v) is 14.6. The van der Waals surface area contributed by atoms with Crippen LogP contribution < -0.4 is 15.4 Å². The second-order valence-electron chi connectivity index (χ2n) is 5.77. The van der Waals surface area contributed by atoms with Gasteiger partial charge in [0.15, 0.2) is 0 Å². The highest BCUT2D eigenvalue weighted by Gasteiger charge is 2.07. The minimum Gasteiger partial charge on any atom is -0.497 e. The summed E-state index contributed by atoms with van der Waals surface area (Å²) < 4.78 is 5.14. The van der Waals surface area contributed by atoms with Crippen molar-refractivity contribution < 1.29 is 9.53 Å². The number of hydrogen-bond donors (Lipinski definition) is 2. The minimum atomic E-state index is -0.110. The summed E-state index contributed by atoms with van der Waals surface area (Å²) in [7, 11) is 1.63. The number of nitrogens with one attached hydrogen (secondary N) is 2. The second-order valence-corrected chi connectivity index (χ2v) is 5.77. The number of ether oxygens (including phenoxy) is 1. The zero-order valence-electron chi connectivity index (χ0n) is 14.6. The molecule has 0 unspecified atom stereocenters. The van der Waals surface area contributed by atoms with Gasteiger partial charge in [-0.25, -0.2) is 4.98 Å². The molecule has 5 nitrogen and oxygen atoms in total. The zero-order chi connectivity index (χ0) is 18.2. The molecule has 0 atom stereocenters. The number of benzene rings is 2. The number of carbonyl (C=O) groups excluding carboxylic acids is 1. The van der Waals surface area contributed by atoms with Crippen LogP contribution in [0, 0.1) is 0 Å². The molecule has 0 saturated carbocycles. The molecule has 132 valence electrons. The molecular formula is C21H21N3O2. The van der Waals surface area contributed by atoms with Crippen LogP contribution >= 0.6 is 0 Å². The Morgan fingerprint density at radius 3 is 2.54 bits per heavy atom. The Morgan fingerprint density at radius 2 is 1.81 bits per heavy atom. The molecule has 26 heavy (non-hydrogen) atoms. The molecule has 3 rings (SSSR count). The molecule has 3 aromatic rings. The van der Waals surface area contributed by atoms with E-state index in [0.717, 1.165) is 17.9 Å². The summed E-state index contributed by atoms with van der Waals surface area (Å²) in [5, 5.41) is 6.13. The average molecular weight is 347 g/mol. The topological polar surface area (TPSA) is 63.2 Å². The Labute approximate surface area is 153 Å². The Bertz CT molecular complexity index is 849. The molecule has 1 heterocycles. The molecule has 0 fully saturated rings. The van der Waals surface area contributed by atoms with Gasteiger partial charge < -0.3 is 15.4 Å². The molecule has 2 aromatic carbocycles. The van der Waals surface area contributed by atoms with Gasteiger partial charge in [-0.2, -0.15) is 0 Å². The van der Waals surface area contributed by atoms with Crippen molar-refractivity contribution in [1.29, 1.82) is 0 Å². The molecule has 1 amide bonds. The molecule has 0 aliphatic carbocycles. The van der Waals surface area contributed by atoms with E-state index >= 15 is 0 Å². The Kier molecular flexibility index (Phi) is 5.83. The van der Waals surface area contributed by atoms with E-state index in [2.05, 4.69) is 27.8 Å². The third-order valence-electron chi connectivity index (χ3n) is 3.93. The summed E-state index contributed by atoms with van der Waals surface area (Å²) in [6.07, 6.45) is 2.42. The van der Waals surface area contributed by atoms with Crippen LogP contribution in [0.5, 0.6) is 5.75 Å². The Balaban J connectivity index is 1.58. The van der Waals surface area contributed by atoms with Crippen molar-refractivity contribution in [3.05, 3.63) is 84.1 Å². The lowest BCUT2D eigenvalue weighted by Gasteiger charge is -2.09. The van der Waals surface area contributed by atoms with Gasteiger partial charge in [-0.1, -0.05) is 30.3 Å². The number of pyridine rings is 1. The van der Waals surface area contributed by atoms with Crippen LogP contribution in [0.15, 0.2) is 72.9 Å². The lowest BCUT2D eigenvalue weighted by Crippen LogP contribution is -2.25. The van der Waals surface area contributed by atoms with Crippen molar-refractivity contribution in [2.75, 3.05) is 19.0 Å². The number of methoxy groups -OCH3 is 1. The molecule has 0 aliphatic rings. The maximum Gasteiger partial charge on any atom is 0.251 e. The Morgan fingerprint density at radius 1 is 1.04 bits per heavy atom. The normalized spacial score (nSPS) is 10.2. The van der Waals surface area contributed by atoms with Gasteiger partial charge in [0.1, 0.15) is 11.6 Å². The lowest BCUT2D eigenvalue weighted by atomic mass is 10.1. The van der Waals surface area contributed by atoms with Gasteiger partial charge in [-0.3, -0.25) is 4.79 Å². The van der Waals surface area contributed by atoms with Crippen LogP contribution in [0.2, 0.25) is 0 Å². The summed E-state index contributed by atoms with van der Waals surface area (Å²) in [4.78, 5) is 16.6. The maximum absolute atomic E-state index is 12.3. The van der Waals surface area contributed by atoms with E-state index in [1.807, 2.05) is 42.5 Å². The van der Waals surface area contributed by atoms with Crippen molar-refractivity contribution in [1.82, 2.24) is 10.3 Å². The van der Waals surface area contributed by atoms with Crippen molar-refractivity contribution in [3.63, 3.8) is 0 Å². The number of hydrogen-bond acceptors (Lipinski definition) is 4. The van der Waals surface area contributed by atoms with Gasteiger partial charge in [0.05, 0.1) is 7.11 Å². The van der Waals surface area contributed by atoms with E-state index < -0.39 is 0 Å². The number of aromatic nitrogens is 1. The molecule has 0 aliphatic heterocycles. The van der Waals surface area contributed by atoms with E-state index in [0.29, 0.717) is 17.9 Å². The number of rotatable bonds is 7. The van der Waals surface area contributed by atoms with E-state index in [1.165, 1.54) is 5.56 Å². The van der Waals surface area contributed by atoms with Crippen LogP contribution in [-0.2, 0) is 6.42 Å². The van der Waals surface area contributed by atoms with Gasteiger partial charge in [-0.15, -0.1) is 0 Å². The van der Waals surface area contributed by atoms with Gasteiger partial charge in [0.25, 0.3) is 5.91 Å². The fraction of sp³-hybridized carbons (Fsp3) is 0.143. The highest BCUT2D eigenvalue weighted by atomic mass is 16.5. The first-order valence-corrected chi connectivity index (χ1v) is 8.44. The minimum absolute atomic E-state index is 0.110. The third-order valence-corrected chi connectivity index (χ3v) is 3.93. The first-order valence-electron chi connectivity index (χ1n) is 8.44. The monoisotopic (exact) mass is 347 g/mol. The predicted molar refractivity (Wildman–Crippen MR) is 103 cm³/mol. The van der Waals surface area contributed by atoms with Crippen LogP contribution in [0.3, 0.4) is 0 Å². The van der Waals surface area contributed by atoms with Crippen LogP contribution in [0.25, 0.3) is 0 Å². The van der Waals surface area contributed by atoms with Crippen molar-refractivity contribution in [2.24, 2.45) is 0 Å². The maximum atomic E-state index is 12.3.